The normalized spacial score (nSPS) is 10.6. The number of halogens is 1. The monoisotopic (exact) mass is 194 g/mol. The summed E-state index contributed by atoms with van der Waals surface area (Å²) in [4.78, 5) is 12.2. The van der Waals surface area contributed by atoms with Crippen LogP contribution in [0.1, 0.15) is 5.82 Å². The molecule has 2 heterocycles. The highest BCUT2D eigenvalue weighted by atomic mass is 35.5. The Hall–Kier alpha value is -1.42. The quantitative estimate of drug-likeness (QED) is 0.647. The van der Waals surface area contributed by atoms with Crippen molar-refractivity contribution in [1.82, 2.24) is 15.0 Å². The van der Waals surface area contributed by atoms with Crippen LogP contribution in [0.3, 0.4) is 0 Å². The van der Waals surface area contributed by atoms with Gasteiger partial charge in [-0.15, -0.1) is 0 Å². The van der Waals surface area contributed by atoms with Crippen LogP contribution >= 0.6 is 11.6 Å². The highest BCUT2D eigenvalue weighted by Gasteiger charge is 2.03. The summed E-state index contributed by atoms with van der Waals surface area (Å²) in [7, 11) is 0. The molecular formula is C8H7ClN4. The van der Waals surface area contributed by atoms with Crippen molar-refractivity contribution >= 4 is 28.5 Å². The number of aryl methyl sites for hydroxylation is 1. The third-order valence-electron chi connectivity index (χ3n) is 1.65. The van der Waals surface area contributed by atoms with E-state index in [9.17, 15) is 0 Å². The number of pyridine rings is 1. The lowest BCUT2D eigenvalue weighted by atomic mass is 10.3. The smallest absolute Gasteiger partial charge is 0.153 e. The van der Waals surface area contributed by atoms with Crippen molar-refractivity contribution in [1.29, 1.82) is 0 Å². The number of fused-ring (bicyclic) bond motifs is 1. The van der Waals surface area contributed by atoms with Crippen LogP contribution in [0.2, 0.25) is 5.15 Å². The van der Waals surface area contributed by atoms with Gasteiger partial charge in [0, 0.05) is 0 Å². The van der Waals surface area contributed by atoms with E-state index < -0.39 is 0 Å². The topological polar surface area (TPSA) is 64.7 Å². The number of nitrogen functional groups attached to an aromatic ring is 1. The highest BCUT2D eigenvalue weighted by Crippen LogP contribution is 2.17. The maximum absolute atomic E-state index is 5.71. The van der Waals surface area contributed by atoms with Gasteiger partial charge in [0.15, 0.2) is 5.82 Å². The minimum Gasteiger partial charge on any atom is -0.382 e. The van der Waals surface area contributed by atoms with Gasteiger partial charge in [0.1, 0.15) is 16.5 Å². The van der Waals surface area contributed by atoms with Crippen molar-refractivity contribution in [2.45, 2.75) is 6.92 Å². The Morgan fingerprint density at radius 1 is 1.23 bits per heavy atom. The zero-order valence-electron chi connectivity index (χ0n) is 6.95. The van der Waals surface area contributed by atoms with Crippen molar-refractivity contribution < 1.29 is 0 Å². The third kappa shape index (κ3) is 1.40. The predicted octanol–water partition coefficient (Wildman–Crippen LogP) is 1.57. The van der Waals surface area contributed by atoms with Crippen molar-refractivity contribution in [2.24, 2.45) is 0 Å². The number of aromatic nitrogens is 3. The van der Waals surface area contributed by atoms with Crippen LogP contribution in [0.5, 0.6) is 0 Å². The molecule has 0 atom stereocenters. The minimum absolute atomic E-state index is 0.366. The average molecular weight is 195 g/mol. The molecule has 2 N–H and O–H groups in total. The van der Waals surface area contributed by atoms with Gasteiger partial charge in [-0.05, 0) is 19.1 Å². The van der Waals surface area contributed by atoms with E-state index in [0.29, 0.717) is 22.3 Å². The van der Waals surface area contributed by atoms with Gasteiger partial charge in [0.2, 0.25) is 0 Å². The van der Waals surface area contributed by atoms with E-state index in [4.69, 9.17) is 17.3 Å². The number of hydrogen-bond donors (Lipinski definition) is 1. The molecule has 0 amide bonds. The summed E-state index contributed by atoms with van der Waals surface area (Å²) in [6.45, 7) is 1.78. The lowest BCUT2D eigenvalue weighted by Crippen LogP contribution is -1.98. The molecule has 0 bridgehead atoms. The fraction of sp³-hybridized carbons (Fsp3) is 0.125. The fourth-order valence-electron chi connectivity index (χ4n) is 1.13. The van der Waals surface area contributed by atoms with Crippen molar-refractivity contribution in [3.8, 4) is 0 Å². The lowest BCUT2D eigenvalue weighted by molar-refractivity contribution is 1.09. The van der Waals surface area contributed by atoms with Gasteiger partial charge in [-0.2, -0.15) is 0 Å². The van der Waals surface area contributed by atoms with E-state index in [1.165, 1.54) is 0 Å². The minimum atomic E-state index is 0.366. The second-order valence-corrected chi connectivity index (χ2v) is 3.05. The van der Waals surface area contributed by atoms with E-state index in [1.54, 1.807) is 19.1 Å². The number of anilines is 1. The summed E-state index contributed by atoms with van der Waals surface area (Å²) in [5, 5.41) is 0.395. The molecule has 2 aromatic rings. The van der Waals surface area contributed by atoms with Crippen LogP contribution in [0.15, 0.2) is 12.1 Å². The largest absolute Gasteiger partial charge is 0.382 e. The summed E-state index contributed by atoms with van der Waals surface area (Å²) in [5.74, 6) is 0.999. The first-order chi connectivity index (χ1) is 6.16. The SMILES string of the molecule is Cc1nc(N)c2nc(Cl)ccc2n1. The molecule has 0 aliphatic heterocycles. The fourth-order valence-corrected chi connectivity index (χ4v) is 1.28. The Labute approximate surface area is 79.8 Å². The third-order valence-corrected chi connectivity index (χ3v) is 1.86. The molecule has 0 unspecified atom stereocenters. The van der Waals surface area contributed by atoms with Gasteiger partial charge < -0.3 is 5.73 Å². The van der Waals surface area contributed by atoms with Gasteiger partial charge in [-0.3, -0.25) is 0 Å². The van der Waals surface area contributed by atoms with Crippen molar-refractivity contribution in [2.75, 3.05) is 5.73 Å². The van der Waals surface area contributed by atoms with Gasteiger partial charge in [-0.1, -0.05) is 11.6 Å². The molecule has 2 aromatic heterocycles. The standard InChI is InChI=1S/C8H7ClN4/c1-4-11-5-2-3-6(9)13-7(5)8(10)12-4/h2-3H,1H3,(H2,10,11,12). The first-order valence-corrected chi connectivity index (χ1v) is 4.11. The molecule has 4 nitrogen and oxygen atoms in total. The van der Waals surface area contributed by atoms with E-state index in [2.05, 4.69) is 15.0 Å². The van der Waals surface area contributed by atoms with Crippen LogP contribution in [-0.2, 0) is 0 Å². The molecule has 66 valence electrons. The van der Waals surface area contributed by atoms with Gasteiger partial charge in [0.25, 0.3) is 0 Å². The average Bonchev–Trinajstić information content (AvgIpc) is 2.06. The summed E-state index contributed by atoms with van der Waals surface area (Å²) >= 11 is 5.71. The van der Waals surface area contributed by atoms with Crippen LogP contribution in [-0.4, -0.2) is 15.0 Å². The first-order valence-electron chi connectivity index (χ1n) is 3.73. The Morgan fingerprint density at radius 3 is 2.77 bits per heavy atom. The molecule has 2 rings (SSSR count). The summed E-state index contributed by atoms with van der Waals surface area (Å²) in [5.41, 5.74) is 6.92. The van der Waals surface area contributed by atoms with Crippen LogP contribution in [0.25, 0.3) is 11.0 Å². The molecule has 0 aliphatic carbocycles. The van der Waals surface area contributed by atoms with E-state index >= 15 is 0 Å². The molecular weight excluding hydrogens is 188 g/mol. The van der Waals surface area contributed by atoms with Crippen LogP contribution in [0.4, 0.5) is 5.82 Å². The van der Waals surface area contributed by atoms with Crippen molar-refractivity contribution in [3.05, 3.63) is 23.1 Å². The van der Waals surface area contributed by atoms with Crippen molar-refractivity contribution in [3.63, 3.8) is 0 Å². The number of rotatable bonds is 0. The molecule has 5 heteroatoms. The summed E-state index contributed by atoms with van der Waals surface area (Å²) in [6, 6.07) is 3.45. The van der Waals surface area contributed by atoms with E-state index in [-0.39, 0.29) is 0 Å². The Balaban J connectivity index is 2.87. The molecule has 0 spiro atoms. The molecule has 13 heavy (non-hydrogen) atoms. The molecule has 0 saturated heterocycles. The lowest BCUT2D eigenvalue weighted by Gasteiger charge is -2.00. The second-order valence-electron chi connectivity index (χ2n) is 2.66. The maximum Gasteiger partial charge on any atom is 0.153 e. The Bertz CT molecular complexity index is 469. The summed E-state index contributed by atoms with van der Waals surface area (Å²) < 4.78 is 0. The number of nitrogens with two attached hydrogens (primary N) is 1. The van der Waals surface area contributed by atoms with Gasteiger partial charge >= 0.3 is 0 Å². The van der Waals surface area contributed by atoms with Crippen LogP contribution < -0.4 is 5.73 Å². The molecule has 0 saturated carbocycles. The van der Waals surface area contributed by atoms with Gasteiger partial charge in [0.05, 0.1) is 5.52 Å². The predicted molar refractivity (Wildman–Crippen MR) is 51.5 cm³/mol. The van der Waals surface area contributed by atoms with Gasteiger partial charge in [-0.25, -0.2) is 15.0 Å². The highest BCUT2D eigenvalue weighted by molar-refractivity contribution is 6.29. The Morgan fingerprint density at radius 2 is 2.00 bits per heavy atom. The zero-order valence-corrected chi connectivity index (χ0v) is 7.71. The summed E-state index contributed by atoms with van der Waals surface area (Å²) in [6.07, 6.45) is 0. The maximum atomic E-state index is 5.71. The van der Waals surface area contributed by atoms with E-state index in [1.807, 2.05) is 0 Å². The zero-order chi connectivity index (χ0) is 9.42. The first kappa shape index (κ1) is 8.19. The van der Waals surface area contributed by atoms with E-state index in [0.717, 1.165) is 5.52 Å². The number of hydrogen-bond acceptors (Lipinski definition) is 4. The van der Waals surface area contributed by atoms with Crippen LogP contribution in [0, 0.1) is 6.92 Å². The number of nitrogens with zero attached hydrogens (tertiary/aromatic N) is 3. The Kier molecular flexibility index (Phi) is 1.77. The molecule has 0 aromatic carbocycles. The molecule has 0 aliphatic rings. The second kappa shape index (κ2) is 2.81. The molecule has 0 radical (unpaired) electrons. The molecule has 0 fully saturated rings.